The molecule has 0 bridgehead atoms. The van der Waals surface area contributed by atoms with Crippen molar-refractivity contribution < 1.29 is 19.1 Å². The van der Waals surface area contributed by atoms with Crippen molar-refractivity contribution in [2.24, 2.45) is 5.92 Å². The largest absolute Gasteiger partial charge is 0.379 e. The number of ether oxygens (including phenoxy) is 2. The highest BCUT2D eigenvalue weighted by atomic mass is 79.9. The number of anilines is 2. The molecule has 7 heteroatoms. The van der Waals surface area contributed by atoms with Gasteiger partial charge in [0.05, 0.1) is 25.7 Å². The fourth-order valence-corrected chi connectivity index (χ4v) is 3.60. The van der Waals surface area contributed by atoms with Gasteiger partial charge in [-0.25, -0.2) is 0 Å². The van der Waals surface area contributed by atoms with Gasteiger partial charge in [0.2, 0.25) is 11.8 Å². The Labute approximate surface area is 179 Å². The molecule has 154 valence electrons. The lowest BCUT2D eigenvalue weighted by molar-refractivity contribution is -0.122. The molecule has 1 saturated heterocycles. The molecule has 29 heavy (non-hydrogen) atoms. The van der Waals surface area contributed by atoms with Crippen LogP contribution >= 0.6 is 15.9 Å². The maximum atomic E-state index is 12.7. The lowest BCUT2D eigenvalue weighted by atomic mass is 10.1. The fourth-order valence-electron chi connectivity index (χ4n) is 3.21. The molecular formula is C22H25BrN2O4. The maximum absolute atomic E-state index is 12.7. The van der Waals surface area contributed by atoms with Crippen LogP contribution in [0.4, 0.5) is 11.4 Å². The topological polar surface area (TPSA) is 67.9 Å². The van der Waals surface area contributed by atoms with Gasteiger partial charge >= 0.3 is 0 Å². The summed E-state index contributed by atoms with van der Waals surface area (Å²) in [6.07, 6.45) is 0.207. The third kappa shape index (κ3) is 6.13. The molecule has 1 N–H and O–H groups in total. The highest BCUT2D eigenvalue weighted by Gasteiger charge is 2.35. The third-order valence-electron chi connectivity index (χ3n) is 4.66. The first-order chi connectivity index (χ1) is 14.1. The van der Waals surface area contributed by atoms with Crippen molar-refractivity contribution in [3.05, 3.63) is 58.6 Å². The molecule has 0 radical (unpaired) electrons. The first-order valence-corrected chi connectivity index (χ1v) is 10.5. The molecular weight excluding hydrogens is 436 g/mol. The van der Waals surface area contributed by atoms with Crippen molar-refractivity contribution in [2.75, 3.05) is 36.6 Å². The third-order valence-corrected chi connectivity index (χ3v) is 5.15. The van der Waals surface area contributed by atoms with Crippen LogP contribution in [0.15, 0.2) is 53.0 Å². The molecule has 1 aliphatic heterocycles. The van der Waals surface area contributed by atoms with Crippen molar-refractivity contribution >= 4 is 39.1 Å². The van der Waals surface area contributed by atoms with Crippen LogP contribution in [0.3, 0.4) is 0 Å². The zero-order chi connectivity index (χ0) is 20.6. The Balaban J connectivity index is 1.55. The zero-order valence-electron chi connectivity index (χ0n) is 16.4. The Kier molecular flexibility index (Phi) is 7.80. The second kappa shape index (κ2) is 10.5. The Morgan fingerprint density at radius 3 is 2.76 bits per heavy atom. The summed E-state index contributed by atoms with van der Waals surface area (Å²) in [5.74, 6) is -0.572. The zero-order valence-corrected chi connectivity index (χ0v) is 18.0. The molecule has 1 fully saturated rings. The predicted molar refractivity (Wildman–Crippen MR) is 116 cm³/mol. The summed E-state index contributed by atoms with van der Waals surface area (Å²) in [6, 6.07) is 15.1. The summed E-state index contributed by atoms with van der Waals surface area (Å²) in [5.41, 5.74) is 2.47. The molecule has 2 aromatic rings. The number of benzene rings is 2. The number of carbonyl (C=O) groups is 2. The summed E-state index contributed by atoms with van der Waals surface area (Å²) in [7, 11) is 0. The molecule has 2 amide bonds. The molecule has 0 aromatic heterocycles. The van der Waals surface area contributed by atoms with Gasteiger partial charge in [0.1, 0.15) is 0 Å². The number of rotatable bonds is 9. The fraction of sp³-hybridized carbons (Fsp3) is 0.364. The van der Waals surface area contributed by atoms with E-state index in [0.717, 1.165) is 15.7 Å². The van der Waals surface area contributed by atoms with Crippen molar-refractivity contribution in [2.45, 2.75) is 20.0 Å². The lowest BCUT2D eigenvalue weighted by Gasteiger charge is -2.17. The number of nitrogens with zero attached hydrogens (tertiary/aromatic N) is 1. The van der Waals surface area contributed by atoms with Crippen LogP contribution in [0.2, 0.25) is 0 Å². The monoisotopic (exact) mass is 460 g/mol. The van der Waals surface area contributed by atoms with E-state index in [1.807, 2.05) is 55.5 Å². The van der Waals surface area contributed by atoms with E-state index in [1.165, 1.54) is 0 Å². The van der Waals surface area contributed by atoms with Crippen LogP contribution in [-0.4, -0.2) is 38.2 Å². The molecule has 1 aliphatic rings. The van der Waals surface area contributed by atoms with Gasteiger partial charge in [0.15, 0.2) is 0 Å². The highest BCUT2D eigenvalue weighted by molar-refractivity contribution is 9.10. The van der Waals surface area contributed by atoms with E-state index in [-0.39, 0.29) is 24.2 Å². The van der Waals surface area contributed by atoms with Gasteiger partial charge in [0, 0.05) is 35.4 Å². The quantitative estimate of drug-likeness (QED) is 0.574. The van der Waals surface area contributed by atoms with Crippen LogP contribution in [-0.2, 0) is 25.7 Å². The molecule has 6 nitrogen and oxygen atoms in total. The summed E-state index contributed by atoms with van der Waals surface area (Å²) in [6.45, 7) is 4.55. The van der Waals surface area contributed by atoms with Crippen molar-refractivity contribution in [3.8, 4) is 0 Å². The van der Waals surface area contributed by atoms with Crippen molar-refractivity contribution in [3.63, 3.8) is 0 Å². The number of hydrogen-bond acceptors (Lipinski definition) is 4. The average Bonchev–Trinajstić information content (AvgIpc) is 3.10. The van der Waals surface area contributed by atoms with Crippen molar-refractivity contribution in [1.29, 1.82) is 0 Å². The Morgan fingerprint density at radius 2 is 1.97 bits per heavy atom. The van der Waals surface area contributed by atoms with E-state index in [9.17, 15) is 9.59 Å². The minimum absolute atomic E-state index is 0.0419. The molecule has 1 unspecified atom stereocenters. The smallest absolute Gasteiger partial charge is 0.229 e. The van der Waals surface area contributed by atoms with Crippen LogP contribution in [0.25, 0.3) is 0 Å². The standard InChI is InChI=1S/C22H25BrN2O4/c1-2-28-9-10-29-15-16-5-3-7-19(11-16)24-22(27)17-12-21(26)25(14-17)20-8-4-6-18(23)13-20/h3-8,11,13,17H,2,9-10,12,14-15H2,1H3,(H,24,27). The Morgan fingerprint density at radius 1 is 1.17 bits per heavy atom. The normalized spacial score (nSPS) is 16.3. The van der Waals surface area contributed by atoms with E-state index in [2.05, 4.69) is 21.2 Å². The van der Waals surface area contributed by atoms with Crippen LogP contribution in [0, 0.1) is 5.92 Å². The number of carbonyl (C=O) groups excluding carboxylic acids is 2. The maximum Gasteiger partial charge on any atom is 0.229 e. The van der Waals surface area contributed by atoms with Gasteiger partial charge in [-0.05, 0) is 42.8 Å². The van der Waals surface area contributed by atoms with Gasteiger partial charge in [-0.1, -0.05) is 34.1 Å². The van der Waals surface area contributed by atoms with Gasteiger partial charge < -0.3 is 19.7 Å². The Bertz CT molecular complexity index is 858. The van der Waals surface area contributed by atoms with E-state index in [1.54, 1.807) is 4.90 Å². The molecule has 0 saturated carbocycles. The lowest BCUT2D eigenvalue weighted by Crippen LogP contribution is -2.28. The van der Waals surface area contributed by atoms with Gasteiger partial charge in [-0.3, -0.25) is 9.59 Å². The van der Waals surface area contributed by atoms with E-state index < -0.39 is 0 Å². The molecule has 2 aromatic carbocycles. The molecule has 3 rings (SSSR count). The van der Waals surface area contributed by atoms with E-state index in [0.29, 0.717) is 38.7 Å². The molecule has 0 aliphatic carbocycles. The summed E-state index contributed by atoms with van der Waals surface area (Å²) in [4.78, 5) is 26.8. The number of nitrogens with one attached hydrogen (secondary N) is 1. The van der Waals surface area contributed by atoms with E-state index in [4.69, 9.17) is 9.47 Å². The Hall–Kier alpha value is -2.22. The molecule has 1 atom stereocenters. The summed E-state index contributed by atoms with van der Waals surface area (Å²) < 4.78 is 11.7. The first-order valence-electron chi connectivity index (χ1n) is 9.68. The molecule has 0 spiro atoms. The predicted octanol–water partition coefficient (Wildman–Crippen LogP) is 3.99. The van der Waals surface area contributed by atoms with Crippen LogP contribution in [0.1, 0.15) is 18.9 Å². The van der Waals surface area contributed by atoms with Crippen LogP contribution in [0.5, 0.6) is 0 Å². The first kappa shape index (κ1) is 21.5. The molecule has 1 heterocycles. The average molecular weight is 461 g/mol. The number of halogens is 1. The number of amides is 2. The second-order valence-corrected chi connectivity index (χ2v) is 7.74. The van der Waals surface area contributed by atoms with Gasteiger partial charge in [-0.2, -0.15) is 0 Å². The SMILES string of the molecule is CCOCCOCc1cccc(NC(=O)C2CC(=O)N(c3cccc(Br)c3)C2)c1. The summed E-state index contributed by atoms with van der Waals surface area (Å²) in [5, 5.41) is 2.93. The van der Waals surface area contributed by atoms with Gasteiger partial charge in [-0.15, -0.1) is 0 Å². The van der Waals surface area contributed by atoms with Crippen LogP contribution < -0.4 is 10.2 Å². The minimum atomic E-state index is -0.382. The number of hydrogen-bond donors (Lipinski definition) is 1. The van der Waals surface area contributed by atoms with Crippen molar-refractivity contribution in [1.82, 2.24) is 0 Å². The summed E-state index contributed by atoms with van der Waals surface area (Å²) >= 11 is 3.42. The van der Waals surface area contributed by atoms with Gasteiger partial charge in [0.25, 0.3) is 0 Å². The highest BCUT2D eigenvalue weighted by Crippen LogP contribution is 2.28. The second-order valence-electron chi connectivity index (χ2n) is 6.82. The van der Waals surface area contributed by atoms with E-state index >= 15 is 0 Å². The minimum Gasteiger partial charge on any atom is -0.379 e.